The molecular formula is C11H20N2O. The van der Waals surface area contributed by atoms with Crippen molar-refractivity contribution in [2.24, 2.45) is 5.41 Å². The smallest absolute Gasteiger partial charge is 0.0956 e. The summed E-state index contributed by atoms with van der Waals surface area (Å²) in [7, 11) is 2.00. The molecule has 0 saturated carbocycles. The van der Waals surface area contributed by atoms with E-state index in [-0.39, 0.29) is 0 Å². The summed E-state index contributed by atoms with van der Waals surface area (Å²) >= 11 is 0. The van der Waals surface area contributed by atoms with Gasteiger partial charge in [-0.05, 0) is 39.8 Å². The van der Waals surface area contributed by atoms with Gasteiger partial charge in [-0.25, -0.2) is 0 Å². The number of β-amino-alcohol motifs (C(OH)–C–C–N with tert-alkyl or cyclic N) is 1. The lowest BCUT2D eigenvalue weighted by atomic mass is 9.68. The molecule has 0 aromatic carbocycles. The van der Waals surface area contributed by atoms with Crippen molar-refractivity contribution in [3.63, 3.8) is 0 Å². The van der Waals surface area contributed by atoms with E-state index >= 15 is 0 Å². The Morgan fingerprint density at radius 2 is 2.29 bits per heavy atom. The lowest BCUT2D eigenvalue weighted by molar-refractivity contribution is -0.0933. The summed E-state index contributed by atoms with van der Waals surface area (Å²) in [5.74, 6) is 0. The van der Waals surface area contributed by atoms with E-state index < -0.39 is 11.0 Å². The van der Waals surface area contributed by atoms with E-state index in [1.807, 2.05) is 20.9 Å². The molecule has 1 saturated heterocycles. The van der Waals surface area contributed by atoms with Crippen LogP contribution in [0.5, 0.6) is 0 Å². The first kappa shape index (κ1) is 11.5. The van der Waals surface area contributed by atoms with Crippen LogP contribution in [-0.4, -0.2) is 35.7 Å². The van der Waals surface area contributed by atoms with Crippen molar-refractivity contribution in [2.45, 2.75) is 38.7 Å². The molecule has 1 aliphatic rings. The quantitative estimate of drug-likeness (QED) is 0.726. The van der Waals surface area contributed by atoms with E-state index in [9.17, 15) is 5.11 Å². The van der Waals surface area contributed by atoms with E-state index in [0.29, 0.717) is 13.0 Å². The molecular weight excluding hydrogens is 176 g/mol. The van der Waals surface area contributed by atoms with Crippen LogP contribution < -0.4 is 0 Å². The van der Waals surface area contributed by atoms with Gasteiger partial charge in [0.05, 0.1) is 17.1 Å². The minimum atomic E-state index is -0.830. The SMILES string of the molecule is CCC(C)(C#N)C1(O)CCCN(C)C1. The van der Waals surface area contributed by atoms with Gasteiger partial charge in [-0.2, -0.15) is 5.26 Å². The molecule has 3 nitrogen and oxygen atoms in total. The normalized spacial score (nSPS) is 33.4. The molecule has 1 N–H and O–H groups in total. The first-order chi connectivity index (χ1) is 6.47. The Labute approximate surface area is 86.3 Å². The Morgan fingerprint density at radius 1 is 1.64 bits per heavy atom. The summed E-state index contributed by atoms with van der Waals surface area (Å²) in [5.41, 5.74) is -1.44. The van der Waals surface area contributed by atoms with Gasteiger partial charge >= 0.3 is 0 Å². The number of rotatable bonds is 2. The first-order valence-corrected chi connectivity index (χ1v) is 5.29. The number of hydrogen-bond donors (Lipinski definition) is 1. The third kappa shape index (κ3) is 1.77. The second kappa shape index (κ2) is 3.88. The fourth-order valence-corrected chi connectivity index (χ4v) is 2.21. The van der Waals surface area contributed by atoms with Crippen LogP contribution in [0.25, 0.3) is 0 Å². The summed E-state index contributed by atoms with van der Waals surface area (Å²) in [6, 6.07) is 2.28. The summed E-state index contributed by atoms with van der Waals surface area (Å²) < 4.78 is 0. The zero-order valence-corrected chi connectivity index (χ0v) is 9.38. The lowest BCUT2D eigenvalue weighted by Crippen LogP contribution is -2.55. The van der Waals surface area contributed by atoms with Crippen molar-refractivity contribution >= 4 is 0 Å². The molecule has 0 aromatic heterocycles. The Morgan fingerprint density at radius 3 is 2.71 bits per heavy atom. The monoisotopic (exact) mass is 196 g/mol. The van der Waals surface area contributed by atoms with E-state index in [1.165, 1.54) is 0 Å². The molecule has 3 heteroatoms. The highest BCUT2D eigenvalue weighted by atomic mass is 16.3. The van der Waals surface area contributed by atoms with Crippen LogP contribution in [0.3, 0.4) is 0 Å². The molecule has 0 spiro atoms. The molecule has 2 unspecified atom stereocenters. The van der Waals surface area contributed by atoms with Gasteiger partial charge in [0.25, 0.3) is 0 Å². The fraction of sp³-hybridized carbons (Fsp3) is 0.909. The molecule has 14 heavy (non-hydrogen) atoms. The predicted octanol–water partition coefficient (Wildman–Crippen LogP) is 1.38. The van der Waals surface area contributed by atoms with Crippen LogP contribution in [0.2, 0.25) is 0 Å². The molecule has 1 rings (SSSR count). The number of likely N-dealkylation sites (N-methyl/N-ethyl adjacent to an activating group) is 1. The van der Waals surface area contributed by atoms with Crippen LogP contribution in [-0.2, 0) is 0 Å². The van der Waals surface area contributed by atoms with E-state index in [0.717, 1.165) is 19.4 Å². The summed E-state index contributed by atoms with van der Waals surface area (Å²) in [6.07, 6.45) is 2.42. The molecule has 1 fully saturated rings. The van der Waals surface area contributed by atoms with Gasteiger partial charge in [-0.3, -0.25) is 0 Å². The topological polar surface area (TPSA) is 47.3 Å². The van der Waals surface area contributed by atoms with Crippen LogP contribution in [0.15, 0.2) is 0 Å². The summed E-state index contributed by atoms with van der Waals surface area (Å²) in [6.45, 7) is 5.47. The standard InChI is InChI=1S/C11H20N2O/c1-4-10(2,8-12)11(14)6-5-7-13(3)9-11/h14H,4-7,9H2,1-3H3. The van der Waals surface area contributed by atoms with Gasteiger partial charge < -0.3 is 10.0 Å². The zero-order valence-electron chi connectivity index (χ0n) is 9.38. The average molecular weight is 196 g/mol. The minimum Gasteiger partial charge on any atom is -0.387 e. The average Bonchev–Trinajstić information content (AvgIpc) is 2.16. The first-order valence-electron chi connectivity index (χ1n) is 5.29. The Bertz CT molecular complexity index is 248. The van der Waals surface area contributed by atoms with Gasteiger partial charge in [-0.1, -0.05) is 6.92 Å². The maximum Gasteiger partial charge on any atom is 0.0956 e. The van der Waals surface area contributed by atoms with E-state index in [2.05, 4.69) is 11.0 Å². The minimum absolute atomic E-state index is 0.609. The highest BCUT2D eigenvalue weighted by Crippen LogP contribution is 2.39. The third-order valence-electron chi connectivity index (χ3n) is 3.64. The van der Waals surface area contributed by atoms with Gasteiger partial charge in [0.15, 0.2) is 0 Å². The number of nitrogens with zero attached hydrogens (tertiary/aromatic N) is 2. The molecule has 0 radical (unpaired) electrons. The molecule has 2 atom stereocenters. The maximum atomic E-state index is 10.5. The Balaban J connectivity index is 2.87. The molecule has 0 amide bonds. The number of piperidine rings is 1. The number of likely N-dealkylation sites (tertiary alicyclic amines) is 1. The molecule has 0 aliphatic carbocycles. The van der Waals surface area contributed by atoms with Crippen molar-refractivity contribution in [2.75, 3.05) is 20.1 Å². The van der Waals surface area contributed by atoms with Crippen LogP contribution in [0.4, 0.5) is 0 Å². The van der Waals surface area contributed by atoms with Gasteiger partial charge in [0.2, 0.25) is 0 Å². The molecule has 0 aromatic rings. The van der Waals surface area contributed by atoms with Crippen molar-refractivity contribution in [1.29, 1.82) is 5.26 Å². The highest BCUT2D eigenvalue weighted by Gasteiger charge is 2.47. The second-order valence-corrected chi connectivity index (χ2v) is 4.67. The third-order valence-corrected chi connectivity index (χ3v) is 3.64. The van der Waals surface area contributed by atoms with E-state index in [4.69, 9.17) is 5.26 Å². The number of aliphatic hydroxyl groups is 1. The predicted molar refractivity (Wildman–Crippen MR) is 55.7 cm³/mol. The van der Waals surface area contributed by atoms with Crippen molar-refractivity contribution < 1.29 is 5.11 Å². The van der Waals surface area contributed by atoms with Crippen LogP contribution in [0, 0.1) is 16.7 Å². The lowest BCUT2D eigenvalue weighted by Gasteiger charge is -2.45. The van der Waals surface area contributed by atoms with Crippen LogP contribution in [0.1, 0.15) is 33.1 Å². The van der Waals surface area contributed by atoms with Gasteiger partial charge in [0.1, 0.15) is 0 Å². The largest absolute Gasteiger partial charge is 0.387 e. The van der Waals surface area contributed by atoms with Gasteiger partial charge in [0, 0.05) is 6.54 Å². The van der Waals surface area contributed by atoms with Crippen molar-refractivity contribution in [3.05, 3.63) is 0 Å². The summed E-state index contributed by atoms with van der Waals surface area (Å²) in [5, 5.41) is 19.7. The van der Waals surface area contributed by atoms with Crippen LogP contribution >= 0.6 is 0 Å². The zero-order chi connectivity index (χ0) is 10.8. The van der Waals surface area contributed by atoms with E-state index in [1.54, 1.807) is 0 Å². The van der Waals surface area contributed by atoms with Gasteiger partial charge in [-0.15, -0.1) is 0 Å². The Hall–Kier alpha value is -0.590. The molecule has 1 heterocycles. The molecule has 0 bridgehead atoms. The Kier molecular flexibility index (Phi) is 3.18. The number of nitriles is 1. The number of hydrogen-bond acceptors (Lipinski definition) is 3. The van der Waals surface area contributed by atoms with Crippen molar-refractivity contribution in [1.82, 2.24) is 4.90 Å². The van der Waals surface area contributed by atoms with Crippen molar-refractivity contribution in [3.8, 4) is 6.07 Å². The molecule has 80 valence electrons. The highest BCUT2D eigenvalue weighted by molar-refractivity contribution is 5.10. The molecule has 1 aliphatic heterocycles. The summed E-state index contributed by atoms with van der Waals surface area (Å²) in [4.78, 5) is 2.11. The fourth-order valence-electron chi connectivity index (χ4n) is 2.21. The maximum absolute atomic E-state index is 10.5. The second-order valence-electron chi connectivity index (χ2n) is 4.67.